The zero-order valence-electron chi connectivity index (χ0n) is 36.5. The Bertz CT molecular complexity index is 2120. The van der Waals surface area contributed by atoms with E-state index in [-0.39, 0.29) is 25.4 Å². The van der Waals surface area contributed by atoms with E-state index < -0.39 is 11.2 Å². The first-order chi connectivity index (χ1) is 28.7. The standard InChI is InChI=1S/2C23H28O7/c2*1-12-7-13-8-16-20(30-11-29-16)22(28-6)17(13)18-14(10-23(12,2)24)9-15(25-3)19(26-4)21(18)27-5/h2*8-9,12,24H,7,10-11H2,1-6H3/t2*12-,23-/m00/s1. The molecule has 0 amide bonds. The van der Waals surface area contributed by atoms with Gasteiger partial charge in [-0.15, -0.1) is 0 Å². The Morgan fingerprint density at radius 3 is 1.10 bits per heavy atom. The number of methoxy groups -OCH3 is 8. The Morgan fingerprint density at radius 2 is 0.783 bits per heavy atom. The summed E-state index contributed by atoms with van der Waals surface area (Å²) in [6, 6.07) is 7.74. The van der Waals surface area contributed by atoms with Crippen LogP contribution in [0.5, 0.6) is 69.0 Å². The molecule has 14 heteroatoms. The molecule has 60 heavy (non-hydrogen) atoms. The number of rotatable bonds is 8. The molecule has 0 bridgehead atoms. The second kappa shape index (κ2) is 16.5. The Morgan fingerprint density at radius 1 is 0.450 bits per heavy atom. The minimum atomic E-state index is -0.944. The van der Waals surface area contributed by atoms with Crippen LogP contribution >= 0.6 is 0 Å². The third-order valence-electron chi connectivity index (χ3n) is 12.4. The zero-order valence-corrected chi connectivity index (χ0v) is 36.5. The van der Waals surface area contributed by atoms with Crippen LogP contribution in [0.2, 0.25) is 0 Å². The van der Waals surface area contributed by atoms with Crippen LogP contribution in [0.1, 0.15) is 49.9 Å². The summed E-state index contributed by atoms with van der Waals surface area (Å²) in [5.74, 6) is 6.64. The van der Waals surface area contributed by atoms with Crippen LogP contribution in [0.4, 0.5) is 0 Å². The van der Waals surface area contributed by atoms with Gasteiger partial charge in [-0.25, -0.2) is 0 Å². The van der Waals surface area contributed by atoms with E-state index in [2.05, 4.69) is 0 Å². The molecule has 4 aliphatic rings. The van der Waals surface area contributed by atoms with Crippen LogP contribution in [0.15, 0.2) is 24.3 Å². The molecule has 4 aromatic carbocycles. The van der Waals surface area contributed by atoms with Crippen molar-refractivity contribution in [1.29, 1.82) is 0 Å². The molecular weight excluding hydrogens is 776 g/mol. The molecule has 8 rings (SSSR count). The van der Waals surface area contributed by atoms with E-state index in [1.54, 1.807) is 56.9 Å². The van der Waals surface area contributed by atoms with Crippen molar-refractivity contribution in [3.05, 3.63) is 46.5 Å². The highest BCUT2D eigenvalue weighted by molar-refractivity contribution is 5.90. The monoisotopic (exact) mass is 832 g/mol. The Hall–Kier alpha value is -5.60. The maximum absolute atomic E-state index is 11.3. The Kier molecular flexibility index (Phi) is 11.7. The van der Waals surface area contributed by atoms with Crippen LogP contribution in [-0.2, 0) is 25.7 Å². The molecule has 4 aromatic rings. The molecule has 324 valence electrons. The van der Waals surface area contributed by atoms with Crippen LogP contribution in [0, 0.1) is 11.8 Å². The minimum Gasteiger partial charge on any atom is -0.493 e. The number of fused-ring (bicyclic) bond motifs is 8. The largest absolute Gasteiger partial charge is 0.493 e. The van der Waals surface area contributed by atoms with Gasteiger partial charge in [-0.05, 0) is 85.0 Å². The molecule has 2 N–H and O–H groups in total. The molecule has 0 fully saturated rings. The highest BCUT2D eigenvalue weighted by Crippen LogP contribution is 2.59. The lowest BCUT2D eigenvalue weighted by Crippen LogP contribution is -2.37. The fourth-order valence-electron chi connectivity index (χ4n) is 8.85. The van der Waals surface area contributed by atoms with E-state index >= 15 is 0 Å². The molecule has 0 saturated heterocycles. The molecule has 2 heterocycles. The molecule has 14 nitrogen and oxygen atoms in total. The lowest BCUT2D eigenvalue weighted by Gasteiger charge is -2.35. The third-order valence-corrected chi connectivity index (χ3v) is 12.4. The van der Waals surface area contributed by atoms with Gasteiger partial charge in [0, 0.05) is 35.1 Å². The van der Waals surface area contributed by atoms with E-state index in [0.29, 0.717) is 94.7 Å². The quantitative estimate of drug-likeness (QED) is 0.184. The molecule has 0 radical (unpaired) electrons. The molecule has 2 aliphatic carbocycles. The summed E-state index contributed by atoms with van der Waals surface area (Å²) in [5, 5.41) is 22.6. The van der Waals surface area contributed by atoms with E-state index in [1.165, 1.54) is 0 Å². The summed E-state index contributed by atoms with van der Waals surface area (Å²) in [6.45, 7) is 8.09. The van der Waals surface area contributed by atoms with Gasteiger partial charge in [-0.1, -0.05) is 13.8 Å². The van der Waals surface area contributed by atoms with Crippen molar-refractivity contribution in [2.75, 3.05) is 70.5 Å². The number of aliphatic hydroxyl groups is 2. The first-order valence-electron chi connectivity index (χ1n) is 19.8. The maximum atomic E-state index is 11.3. The molecule has 0 aromatic heterocycles. The van der Waals surface area contributed by atoms with Gasteiger partial charge in [0.15, 0.2) is 46.0 Å². The summed E-state index contributed by atoms with van der Waals surface area (Å²) < 4.78 is 68.5. The predicted molar refractivity (Wildman–Crippen MR) is 223 cm³/mol. The van der Waals surface area contributed by atoms with Gasteiger partial charge in [-0.3, -0.25) is 0 Å². The van der Waals surface area contributed by atoms with E-state index in [9.17, 15) is 10.2 Å². The molecule has 0 saturated carbocycles. The van der Waals surface area contributed by atoms with Crippen molar-refractivity contribution in [3.63, 3.8) is 0 Å². The summed E-state index contributed by atoms with van der Waals surface area (Å²) in [6.07, 6.45) is 2.09. The van der Waals surface area contributed by atoms with Crippen molar-refractivity contribution < 1.29 is 67.1 Å². The number of ether oxygens (including phenoxy) is 12. The molecule has 0 unspecified atom stereocenters. The van der Waals surface area contributed by atoms with Crippen LogP contribution < -0.4 is 56.8 Å². The molecule has 0 spiro atoms. The van der Waals surface area contributed by atoms with Gasteiger partial charge in [0.1, 0.15) is 0 Å². The van der Waals surface area contributed by atoms with Crippen LogP contribution in [0.25, 0.3) is 22.3 Å². The van der Waals surface area contributed by atoms with Gasteiger partial charge in [-0.2, -0.15) is 0 Å². The van der Waals surface area contributed by atoms with Crippen molar-refractivity contribution in [1.82, 2.24) is 0 Å². The summed E-state index contributed by atoms with van der Waals surface area (Å²) >= 11 is 0. The summed E-state index contributed by atoms with van der Waals surface area (Å²) in [5.41, 5.74) is 5.14. The number of hydrogen-bond acceptors (Lipinski definition) is 14. The smallest absolute Gasteiger partial charge is 0.231 e. The molecule has 4 atom stereocenters. The average Bonchev–Trinajstić information content (AvgIpc) is 3.91. The van der Waals surface area contributed by atoms with E-state index in [1.807, 2.05) is 52.0 Å². The number of hydrogen-bond donors (Lipinski definition) is 2. The fraction of sp³-hybridized carbons (Fsp3) is 0.478. The van der Waals surface area contributed by atoms with Gasteiger partial charge in [0.05, 0.1) is 68.1 Å². The van der Waals surface area contributed by atoms with Crippen molar-refractivity contribution >= 4 is 0 Å². The highest BCUT2D eigenvalue weighted by atomic mass is 16.7. The lowest BCUT2D eigenvalue weighted by molar-refractivity contribution is 0.00592. The predicted octanol–water partition coefficient (Wildman–Crippen LogP) is 7.20. The van der Waals surface area contributed by atoms with Crippen molar-refractivity contribution in [2.45, 2.75) is 64.6 Å². The van der Waals surface area contributed by atoms with Gasteiger partial charge >= 0.3 is 0 Å². The second-order valence-electron chi connectivity index (χ2n) is 16.0. The van der Waals surface area contributed by atoms with Crippen LogP contribution in [0.3, 0.4) is 0 Å². The summed E-state index contributed by atoms with van der Waals surface area (Å²) in [7, 11) is 12.7. The van der Waals surface area contributed by atoms with Crippen molar-refractivity contribution in [2.24, 2.45) is 11.8 Å². The Balaban J connectivity index is 0.000000181. The zero-order chi connectivity index (χ0) is 43.3. The lowest BCUT2D eigenvalue weighted by atomic mass is 9.75. The molecular formula is C46H56O14. The van der Waals surface area contributed by atoms with Crippen LogP contribution in [-0.4, -0.2) is 91.9 Å². The second-order valence-corrected chi connectivity index (χ2v) is 16.0. The number of benzene rings is 4. The van der Waals surface area contributed by atoms with Gasteiger partial charge in [0.25, 0.3) is 0 Å². The average molecular weight is 833 g/mol. The summed E-state index contributed by atoms with van der Waals surface area (Å²) in [4.78, 5) is 0. The van der Waals surface area contributed by atoms with Gasteiger partial charge in [0.2, 0.25) is 36.6 Å². The SMILES string of the molecule is COc1cc2c(c(OC)c1OC)-c1c(cc3c(c1OC)OCO3)C[C@H](C)[C@@](C)(O)C2.COc1cc2c(c(OC)c1OC)-c1c(cc3c(c1OC)OCO3)C[C@H](C)[C@@](C)(O)C2. The molecule has 2 aliphatic heterocycles. The maximum Gasteiger partial charge on any atom is 0.231 e. The van der Waals surface area contributed by atoms with E-state index in [4.69, 9.17) is 56.8 Å². The third kappa shape index (κ3) is 7.02. The van der Waals surface area contributed by atoms with E-state index in [0.717, 1.165) is 44.5 Å². The first kappa shape index (κ1) is 42.5. The van der Waals surface area contributed by atoms with Gasteiger partial charge < -0.3 is 67.1 Å². The topological polar surface area (TPSA) is 151 Å². The van der Waals surface area contributed by atoms with Crippen molar-refractivity contribution in [3.8, 4) is 91.2 Å². The minimum absolute atomic E-state index is 0.0198. The normalized spacial score (nSPS) is 21.8. The fourth-order valence-corrected chi connectivity index (χ4v) is 8.85. The Labute approximate surface area is 351 Å². The first-order valence-corrected chi connectivity index (χ1v) is 19.8. The highest BCUT2D eigenvalue weighted by Gasteiger charge is 2.41.